The summed E-state index contributed by atoms with van der Waals surface area (Å²) in [7, 11) is 0. The van der Waals surface area contributed by atoms with Crippen molar-refractivity contribution in [3.63, 3.8) is 0 Å². The molecule has 13 heteroatoms. The minimum absolute atomic E-state index is 0.396. The van der Waals surface area contributed by atoms with E-state index in [0.717, 1.165) is 5.82 Å². The van der Waals surface area contributed by atoms with Gasteiger partial charge in [0.05, 0.1) is 0 Å². The molecule has 0 spiro atoms. The molecule has 3 aromatic heterocycles. The molecule has 0 saturated heterocycles. The summed E-state index contributed by atoms with van der Waals surface area (Å²) in [6.45, 7) is 4.10. The number of hydrogen-bond donors (Lipinski definition) is 2. The molecule has 0 aliphatic rings. The topological polar surface area (TPSA) is 174 Å². The van der Waals surface area contributed by atoms with E-state index in [1.807, 2.05) is 0 Å². The molecule has 0 aliphatic heterocycles. The minimum Gasteiger partial charge on any atom is -0.225 e. The van der Waals surface area contributed by atoms with Crippen LogP contribution in [-0.4, -0.2) is 52.2 Å². The van der Waals surface area contributed by atoms with Crippen LogP contribution in [0.4, 0.5) is 0 Å². The fourth-order valence-electron chi connectivity index (χ4n) is 0.956. The van der Waals surface area contributed by atoms with Crippen LogP contribution < -0.4 is 0 Å². The first-order chi connectivity index (χ1) is 12.0. The number of aromatic nitrogens is 9. The number of hydrogen-bond acceptors (Lipinski definition) is 10. The molecule has 0 fully saturated rings. The SMILES string of the molecule is CC(C)c1ncncn1.[O]=[Ti]([OH])[OH].c1ncncn1.c1ncncn1. The predicted molar refractivity (Wildman–Crippen MR) is 78.7 cm³/mol. The second-order valence-corrected chi connectivity index (χ2v) is 4.90. The molecule has 132 valence electrons. The van der Waals surface area contributed by atoms with E-state index in [1.165, 1.54) is 50.6 Å². The molecule has 12 nitrogen and oxygen atoms in total. The number of rotatable bonds is 1. The summed E-state index contributed by atoms with van der Waals surface area (Å²) in [4.78, 5) is 33.0. The van der Waals surface area contributed by atoms with Gasteiger partial charge in [0, 0.05) is 5.92 Å². The Morgan fingerprint density at radius 1 is 0.680 bits per heavy atom. The third kappa shape index (κ3) is 17.7. The molecule has 0 aromatic carbocycles. The number of nitrogens with zero attached hydrogens (tertiary/aromatic N) is 9. The smallest absolute Gasteiger partial charge is 0.119 e. The zero-order valence-corrected chi connectivity index (χ0v) is 15.1. The molecular formula is C12H17N9O3Ti. The van der Waals surface area contributed by atoms with Crippen molar-refractivity contribution in [3.05, 3.63) is 56.4 Å². The maximum absolute atomic E-state index is 8.81. The monoisotopic (exact) mass is 383 g/mol. The summed E-state index contributed by atoms with van der Waals surface area (Å²) in [6, 6.07) is 0. The van der Waals surface area contributed by atoms with Crippen molar-refractivity contribution in [2.75, 3.05) is 0 Å². The van der Waals surface area contributed by atoms with Gasteiger partial charge in [0.1, 0.15) is 56.4 Å². The van der Waals surface area contributed by atoms with Crippen LogP contribution in [-0.2, 0) is 21.9 Å². The van der Waals surface area contributed by atoms with Crippen LogP contribution in [0.5, 0.6) is 0 Å². The Balaban J connectivity index is 0.000000321. The first-order valence-electron chi connectivity index (χ1n) is 6.67. The van der Waals surface area contributed by atoms with Gasteiger partial charge in [0.2, 0.25) is 0 Å². The summed E-state index contributed by atoms with van der Waals surface area (Å²) in [5.74, 6) is 1.25. The fourth-order valence-corrected chi connectivity index (χ4v) is 0.956. The van der Waals surface area contributed by atoms with E-state index in [9.17, 15) is 0 Å². The van der Waals surface area contributed by atoms with Crippen molar-refractivity contribution in [2.45, 2.75) is 19.8 Å². The van der Waals surface area contributed by atoms with Crippen molar-refractivity contribution in [2.24, 2.45) is 0 Å². The average molecular weight is 383 g/mol. The third-order valence-electron chi connectivity index (χ3n) is 1.83. The standard InChI is InChI=1S/C6H9N3.2C3H3N3.2H2O.O.Ti/c1-5(2)6-8-3-7-4-9-6;2*1-4-2-6-3-5-1;;;;/h3-5H,1-2H3;2*1-3H;2*1H2;;/q;;;;;;+2/p-2. The molecule has 3 heterocycles. The minimum atomic E-state index is -3.58. The van der Waals surface area contributed by atoms with Crippen LogP contribution >= 0.6 is 0 Å². The van der Waals surface area contributed by atoms with E-state index in [0.29, 0.717) is 5.92 Å². The van der Waals surface area contributed by atoms with Gasteiger partial charge in [-0.15, -0.1) is 0 Å². The first kappa shape index (κ1) is 22.5. The summed E-state index contributed by atoms with van der Waals surface area (Å²) < 4.78 is 23.2. The van der Waals surface area contributed by atoms with Gasteiger partial charge in [-0.2, -0.15) is 0 Å². The van der Waals surface area contributed by atoms with E-state index >= 15 is 0 Å². The van der Waals surface area contributed by atoms with Crippen molar-refractivity contribution in [1.82, 2.24) is 44.9 Å². The largest absolute Gasteiger partial charge is 0.225 e. The van der Waals surface area contributed by atoms with E-state index in [1.54, 1.807) is 0 Å². The molecule has 0 saturated carbocycles. The Hall–Kier alpha value is -2.54. The van der Waals surface area contributed by atoms with Crippen LogP contribution in [0, 0.1) is 0 Å². The molecule has 3 aromatic rings. The van der Waals surface area contributed by atoms with Crippen LogP contribution in [0.25, 0.3) is 0 Å². The van der Waals surface area contributed by atoms with E-state index in [-0.39, 0.29) is 0 Å². The Bertz CT molecular complexity index is 561. The Morgan fingerprint density at radius 3 is 1.08 bits per heavy atom. The Morgan fingerprint density at radius 2 is 0.920 bits per heavy atom. The van der Waals surface area contributed by atoms with Gasteiger partial charge in [-0.25, -0.2) is 44.9 Å². The van der Waals surface area contributed by atoms with E-state index < -0.39 is 18.6 Å². The molecule has 25 heavy (non-hydrogen) atoms. The van der Waals surface area contributed by atoms with Crippen molar-refractivity contribution < 1.29 is 29.3 Å². The van der Waals surface area contributed by atoms with Gasteiger partial charge >= 0.3 is 29.3 Å². The maximum Gasteiger partial charge on any atom is 0.119 e. The Kier molecular flexibility index (Phi) is 14.7. The quantitative estimate of drug-likeness (QED) is 0.517. The predicted octanol–water partition coefficient (Wildman–Crippen LogP) is -0.497. The average Bonchev–Trinajstić information content (AvgIpc) is 2.66. The van der Waals surface area contributed by atoms with Crippen molar-refractivity contribution in [3.8, 4) is 0 Å². The molecule has 0 bridgehead atoms. The van der Waals surface area contributed by atoms with Crippen LogP contribution in [0.3, 0.4) is 0 Å². The third-order valence-corrected chi connectivity index (χ3v) is 1.83. The second kappa shape index (κ2) is 16.3. The summed E-state index contributed by atoms with van der Waals surface area (Å²) >= 11 is -3.58. The summed E-state index contributed by atoms with van der Waals surface area (Å²) in [5, 5.41) is 0. The Labute approximate surface area is 150 Å². The van der Waals surface area contributed by atoms with Gasteiger partial charge in [-0.3, -0.25) is 0 Å². The molecule has 0 atom stereocenters. The fraction of sp³-hybridized carbons (Fsp3) is 0.250. The molecule has 0 amide bonds. The van der Waals surface area contributed by atoms with Crippen molar-refractivity contribution in [1.29, 1.82) is 0 Å². The normalized spacial score (nSPS) is 8.52. The molecule has 0 unspecified atom stereocenters. The van der Waals surface area contributed by atoms with Crippen molar-refractivity contribution >= 4 is 0 Å². The maximum atomic E-state index is 8.81. The van der Waals surface area contributed by atoms with Gasteiger partial charge in [-0.1, -0.05) is 13.8 Å². The van der Waals surface area contributed by atoms with E-state index in [4.69, 9.17) is 10.7 Å². The second-order valence-electron chi connectivity index (χ2n) is 4.02. The molecule has 2 N–H and O–H groups in total. The zero-order chi connectivity index (χ0) is 18.8. The van der Waals surface area contributed by atoms with Gasteiger partial charge < -0.3 is 0 Å². The summed E-state index contributed by atoms with van der Waals surface area (Å²) in [5.41, 5.74) is 0. The summed E-state index contributed by atoms with van der Waals surface area (Å²) in [6.07, 6.45) is 11.7. The van der Waals surface area contributed by atoms with Gasteiger partial charge in [0.15, 0.2) is 0 Å². The van der Waals surface area contributed by atoms with Crippen LogP contribution in [0.1, 0.15) is 25.6 Å². The zero-order valence-electron chi connectivity index (χ0n) is 13.5. The van der Waals surface area contributed by atoms with E-state index in [2.05, 4.69) is 58.7 Å². The van der Waals surface area contributed by atoms with Gasteiger partial charge in [0.25, 0.3) is 0 Å². The first-order valence-corrected chi connectivity index (χ1v) is 8.71. The molecule has 3 rings (SSSR count). The molecule has 0 radical (unpaired) electrons. The van der Waals surface area contributed by atoms with Crippen LogP contribution in [0.2, 0.25) is 0 Å². The molecular weight excluding hydrogens is 366 g/mol. The van der Waals surface area contributed by atoms with Gasteiger partial charge in [-0.05, 0) is 0 Å². The van der Waals surface area contributed by atoms with Crippen LogP contribution in [0.15, 0.2) is 50.6 Å². The molecule has 0 aliphatic carbocycles.